The Balaban J connectivity index is 1.85. The summed E-state index contributed by atoms with van der Waals surface area (Å²) in [5.74, 6) is -1.62. The lowest BCUT2D eigenvalue weighted by Crippen LogP contribution is -2.38. The van der Waals surface area contributed by atoms with E-state index in [4.69, 9.17) is 10.5 Å². The van der Waals surface area contributed by atoms with Crippen LogP contribution in [0.2, 0.25) is 0 Å². The fraction of sp³-hybridized carbons (Fsp3) is 0.176. The second kappa shape index (κ2) is 7.36. The molecule has 2 N–H and O–H groups in total. The van der Waals surface area contributed by atoms with Gasteiger partial charge in [0.2, 0.25) is 0 Å². The molecule has 0 aromatic heterocycles. The molecule has 0 saturated carbocycles. The highest BCUT2D eigenvalue weighted by atomic mass is 16.5. The van der Waals surface area contributed by atoms with Gasteiger partial charge in [0, 0.05) is 0 Å². The first kappa shape index (κ1) is 14.9. The van der Waals surface area contributed by atoms with Gasteiger partial charge in [0.25, 0.3) is 5.78 Å². The zero-order valence-electron chi connectivity index (χ0n) is 11.5. The molecule has 0 aliphatic rings. The monoisotopic (exact) mass is 282 g/mol. The fourth-order valence-corrected chi connectivity index (χ4v) is 1.83. The third kappa shape index (κ3) is 4.54. The minimum atomic E-state index is -0.910. The molecule has 107 valence electrons. The summed E-state index contributed by atoms with van der Waals surface area (Å²) in [5, 5.41) is 0. The number of ketones is 1. The van der Waals surface area contributed by atoms with Gasteiger partial charge in [-0.25, -0.2) is 4.79 Å². The van der Waals surface area contributed by atoms with Crippen molar-refractivity contribution < 1.29 is 14.3 Å². The standard InChI is InChI=1S/C17H16NO3/c18-15(11-13-7-3-1-4-8-13)16(19)17(20)21-12-14-9-5-2-6-10-14/h1-7,9-10,15H,11-12,18H2/t15-/m0/s1. The van der Waals surface area contributed by atoms with Gasteiger partial charge in [0.15, 0.2) is 0 Å². The van der Waals surface area contributed by atoms with Gasteiger partial charge < -0.3 is 10.5 Å². The van der Waals surface area contributed by atoms with E-state index in [1.165, 1.54) is 0 Å². The molecular formula is C17H16NO3. The molecule has 0 heterocycles. The Morgan fingerprint density at radius 3 is 2.48 bits per heavy atom. The average Bonchev–Trinajstić information content (AvgIpc) is 2.53. The number of rotatable bonds is 6. The lowest BCUT2D eigenvalue weighted by atomic mass is 10.0. The van der Waals surface area contributed by atoms with Gasteiger partial charge in [-0.15, -0.1) is 0 Å². The van der Waals surface area contributed by atoms with Crippen molar-refractivity contribution in [2.24, 2.45) is 5.73 Å². The molecule has 2 aromatic rings. The third-order valence-corrected chi connectivity index (χ3v) is 2.96. The molecule has 0 spiro atoms. The van der Waals surface area contributed by atoms with Crippen LogP contribution in [0.15, 0.2) is 54.6 Å². The van der Waals surface area contributed by atoms with Crippen molar-refractivity contribution >= 4 is 11.8 Å². The van der Waals surface area contributed by atoms with Gasteiger partial charge in [-0.1, -0.05) is 54.6 Å². The van der Waals surface area contributed by atoms with Gasteiger partial charge in [-0.05, 0) is 23.6 Å². The van der Waals surface area contributed by atoms with Crippen molar-refractivity contribution in [2.75, 3.05) is 0 Å². The quantitative estimate of drug-likeness (QED) is 0.646. The van der Waals surface area contributed by atoms with Crippen molar-refractivity contribution in [3.63, 3.8) is 0 Å². The van der Waals surface area contributed by atoms with Crippen molar-refractivity contribution in [1.82, 2.24) is 0 Å². The number of carbonyl (C=O) groups is 2. The van der Waals surface area contributed by atoms with E-state index in [1.54, 1.807) is 6.07 Å². The number of nitrogens with two attached hydrogens (primary N) is 1. The van der Waals surface area contributed by atoms with Crippen LogP contribution < -0.4 is 5.73 Å². The zero-order chi connectivity index (χ0) is 15.1. The molecule has 0 aliphatic carbocycles. The van der Waals surface area contributed by atoms with Crippen LogP contribution in [-0.2, 0) is 27.4 Å². The van der Waals surface area contributed by atoms with Crippen LogP contribution in [-0.4, -0.2) is 17.8 Å². The SMILES string of the molecule is N[C@@H](Cc1[c]cccc1)C(=O)C(=O)OCc1ccccc1. The van der Waals surface area contributed by atoms with E-state index in [2.05, 4.69) is 6.07 Å². The van der Waals surface area contributed by atoms with Crippen molar-refractivity contribution in [3.8, 4) is 0 Å². The predicted octanol–water partition coefficient (Wildman–Crippen LogP) is 1.67. The number of hydrogen-bond acceptors (Lipinski definition) is 4. The maximum Gasteiger partial charge on any atom is 0.376 e. The number of carbonyl (C=O) groups excluding carboxylic acids is 2. The van der Waals surface area contributed by atoms with E-state index in [9.17, 15) is 9.59 Å². The second-order valence-corrected chi connectivity index (χ2v) is 4.62. The molecule has 0 fully saturated rings. The second-order valence-electron chi connectivity index (χ2n) is 4.62. The van der Waals surface area contributed by atoms with Crippen LogP contribution >= 0.6 is 0 Å². The average molecular weight is 282 g/mol. The number of hydrogen-bond donors (Lipinski definition) is 1. The molecule has 1 atom stereocenters. The summed E-state index contributed by atoms with van der Waals surface area (Å²) in [4.78, 5) is 23.5. The number of benzene rings is 2. The van der Waals surface area contributed by atoms with Crippen molar-refractivity contribution in [3.05, 3.63) is 71.8 Å². The first-order valence-corrected chi connectivity index (χ1v) is 6.63. The molecule has 0 aliphatic heterocycles. The Hall–Kier alpha value is -2.46. The molecular weight excluding hydrogens is 266 g/mol. The normalized spacial score (nSPS) is 11.7. The topological polar surface area (TPSA) is 69.4 Å². The molecule has 2 rings (SSSR count). The number of ether oxygens (including phenoxy) is 1. The van der Waals surface area contributed by atoms with E-state index >= 15 is 0 Å². The Bertz CT molecular complexity index is 596. The Morgan fingerprint density at radius 2 is 1.81 bits per heavy atom. The molecule has 21 heavy (non-hydrogen) atoms. The van der Waals surface area contributed by atoms with Crippen molar-refractivity contribution in [2.45, 2.75) is 19.1 Å². The maximum absolute atomic E-state index is 11.9. The molecule has 2 aromatic carbocycles. The summed E-state index contributed by atoms with van der Waals surface area (Å²) < 4.78 is 4.97. The fourth-order valence-electron chi connectivity index (χ4n) is 1.83. The van der Waals surface area contributed by atoms with Crippen LogP contribution in [0.5, 0.6) is 0 Å². The highest BCUT2D eigenvalue weighted by Gasteiger charge is 2.23. The van der Waals surface area contributed by atoms with Crippen molar-refractivity contribution in [1.29, 1.82) is 0 Å². The van der Waals surface area contributed by atoms with Crippen LogP contribution in [0.3, 0.4) is 0 Å². The minimum Gasteiger partial charge on any atom is -0.455 e. The molecule has 0 saturated heterocycles. The summed E-state index contributed by atoms with van der Waals surface area (Å²) in [6, 6.07) is 18.4. The Kier molecular flexibility index (Phi) is 5.23. The number of Topliss-reactive ketones (excluding diaryl/α,β-unsaturated/α-hetero) is 1. The summed E-state index contributed by atoms with van der Waals surface area (Å²) in [7, 11) is 0. The maximum atomic E-state index is 11.9. The van der Waals surface area contributed by atoms with Crippen LogP contribution in [0.1, 0.15) is 11.1 Å². The minimum absolute atomic E-state index is 0.0651. The van der Waals surface area contributed by atoms with E-state index in [0.29, 0.717) is 0 Å². The van der Waals surface area contributed by atoms with E-state index in [1.807, 2.05) is 48.5 Å². The first-order chi connectivity index (χ1) is 10.2. The first-order valence-electron chi connectivity index (χ1n) is 6.63. The van der Waals surface area contributed by atoms with Gasteiger partial charge >= 0.3 is 5.97 Å². The molecule has 0 unspecified atom stereocenters. The van der Waals surface area contributed by atoms with Crippen LogP contribution in [0, 0.1) is 6.07 Å². The summed E-state index contributed by atoms with van der Waals surface area (Å²) in [5.41, 5.74) is 7.36. The van der Waals surface area contributed by atoms with Gasteiger partial charge in [0.05, 0.1) is 6.04 Å². The predicted molar refractivity (Wildman–Crippen MR) is 78.2 cm³/mol. The molecule has 1 radical (unpaired) electrons. The Morgan fingerprint density at radius 1 is 1.10 bits per heavy atom. The highest BCUT2D eigenvalue weighted by Crippen LogP contribution is 2.04. The van der Waals surface area contributed by atoms with E-state index in [-0.39, 0.29) is 13.0 Å². The van der Waals surface area contributed by atoms with E-state index < -0.39 is 17.8 Å². The summed E-state index contributed by atoms with van der Waals surface area (Å²) >= 11 is 0. The van der Waals surface area contributed by atoms with E-state index in [0.717, 1.165) is 11.1 Å². The summed E-state index contributed by atoms with van der Waals surface area (Å²) in [6.45, 7) is 0.0651. The Labute approximate surface area is 123 Å². The lowest BCUT2D eigenvalue weighted by molar-refractivity contribution is -0.155. The molecule has 4 nitrogen and oxygen atoms in total. The molecule has 0 bridgehead atoms. The van der Waals surface area contributed by atoms with Gasteiger partial charge in [0.1, 0.15) is 6.61 Å². The smallest absolute Gasteiger partial charge is 0.376 e. The summed E-state index contributed by atoms with van der Waals surface area (Å²) in [6.07, 6.45) is 0.264. The van der Waals surface area contributed by atoms with Gasteiger partial charge in [-0.2, -0.15) is 0 Å². The third-order valence-electron chi connectivity index (χ3n) is 2.96. The lowest BCUT2D eigenvalue weighted by Gasteiger charge is -2.10. The largest absolute Gasteiger partial charge is 0.455 e. The van der Waals surface area contributed by atoms with Gasteiger partial charge in [-0.3, -0.25) is 4.79 Å². The molecule has 4 heteroatoms. The van der Waals surface area contributed by atoms with Crippen LogP contribution in [0.4, 0.5) is 0 Å². The van der Waals surface area contributed by atoms with Crippen LogP contribution in [0.25, 0.3) is 0 Å². The highest BCUT2D eigenvalue weighted by molar-refractivity contribution is 6.35. The number of esters is 1. The zero-order valence-corrected chi connectivity index (χ0v) is 11.5. The molecule has 0 amide bonds.